The first-order valence-electron chi connectivity index (χ1n) is 9.73. The molecule has 0 spiro atoms. The van der Waals surface area contributed by atoms with Gasteiger partial charge in [0.1, 0.15) is 19.8 Å². The highest BCUT2D eigenvalue weighted by Gasteiger charge is 2.14. The maximum Gasteiger partial charge on any atom is 0.163 e. The number of unbranched alkanes of at least 4 members (excludes halogenated alkanes) is 1. The zero-order valence-corrected chi connectivity index (χ0v) is 16.1. The standard InChI is InChI=1S/C24H30NO/c1-25(2)17-16-21-12-8-13-22-19-23(14-15-24(21)22)26-18-7-6-11-20-9-4-3-5-10-20/h3-5,9-10,14-17,19H,6-8,11-13,18H2,1-2H3/q+1. The van der Waals surface area contributed by atoms with Crippen LogP contribution >= 0.6 is 0 Å². The van der Waals surface area contributed by atoms with Crippen LogP contribution in [0.1, 0.15) is 42.4 Å². The first-order chi connectivity index (χ1) is 12.7. The topological polar surface area (TPSA) is 12.2 Å². The lowest BCUT2D eigenvalue weighted by molar-refractivity contribution is -0.458. The van der Waals surface area contributed by atoms with Crippen LogP contribution < -0.4 is 4.74 Å². The Morgan fingerprint density at radius 3 is 2.65 bits per heavy atom. The summed E-state index contributed by atoms with van der Waals surface area (Å²) < 4.78 is 8.10. The van der Waals surface area contributed by atoms with Crippen molar-refractivity contribution in [3.8, 4) is 5.75 Å². The Bertz CT molecular complexity index is 770. The second kappa shape index (κ2) is 9.38. The molecule has 0 unspecified atom stereocenters. The van der Waals surface area contributed by atoms with E-state index in [0.717, 1.165) is 38.0 Å². The third-order valence-corrected chi connectivity index (χ3v) is 4.86. The van der Waals surface area contributed by atoms with Gasteiger partial charge in [0.15, 0.2) is 6.21 Å². The van der Waals surface area contributed by atoms with Gasteiger partial charge in [-0.25, -0.2) is 4.58 Å². The third-order valence-electron chi connectivity index (χ3n) is 4.86. The molecule has 26 heavy (non-hydrogen) atoms. The van der Waals surface area contributed by atoms with Crippen molar-refractivity contribution >= 4 is 11.8 Å². The number of aryl methyl sites for hydroxylation is 2. The molecule has 2 aromatic carbocycles. The number of hydrogen-bond donors (Lipinski definition) is 0. The molecular weight excluding hydrogens is 318 g/mol. The molecule has 136 valence electrons. The van der Waals surface area contributed by atoms with E-state index in [0.29, 0.717) is 0 Å². The molecule has 2 heteroatoms. The van der Waals surface area contributed by atoms with Gasteiger partial charge in [0.05, 0.1) is 6.61 Å². The van der Waals surface area contributed by atoms with E-state index >= 15 is 0 Å². The van der Waals surface area contributed by atoms with E-state index in [1.54, 1.807) is 0 Å². The van der Waals surface area contributed by atoms with Gasteiger partial charge in [0, 0.05) is 6.08 Å². The van der Waals surface area contributed by atoms with E-state index in [2.05, 4.69) is 79.5 Å². The SMILES string of the molecule is C[N+](C)=CC=C1CCCc2cc(OCCCCc3ccccc3)ccc21. The van der Waals surface area contributed by atoms with Gasteiger partial charge in [0.2, 0.25) is 0 Å². The summed E-state index contributed by atoms with van der Waals surface area (Å²) in [5.41, 5.74) is 5.67. The number of nitrogens with zero attached hydrogens (tertiary/aromatic N) is 1. The fourth-order valence-electron chi connectivity index (χ4n) is 3.46. The molecule has 0 atom stereocenters. The van der Waals surface area contributed by atoms with Crippen LogP contribution in [0.3, 0.4) is 0 Å². The van der Waals surface area contributed by atoms with Crippen molar-refractivity contribution in [2.24, 2.45) is 0 Å². The van der Waals surface area contributed by atoms with Gasteiger partial charge in [-0.05, 0) is 72.9 Å². The summed E-state index contributed by atoms with van der Waals surface area (Å²) >= 11 is 0. The van der Waals surface area contributed by atoms with Crippen molar-refractivity contribution in [2.75, 3.05) is 20.7 Å². The second-order valence-electron chi connectivity index (χ2n) is 7.27. The monoisotopic (exact) mass is 348 g/mol. The first kappa shape index (κ1) is 18.4. The lowest BCUT2D eigenvalue weighted by atomic mass is 9.87. The summed E-state index contributed by atoms with van der Waals surface area (Å²) in [6.45, 7) is 0.794. The number of rotatable bonds is 7. The highest BCUT2D eigenvalue weighted by atomic mass is 16.5. The minimum Gasteiger partial charge on any atom is -0.494 e. The fourth-order valence-corrected chi connectivity index (χ4v) is 3.46. The smallest absolute Gasteiger partial charge is 0.163 e. The van der Waals surface area contributed by atoms with E-state index in [1.807, 2.05) is 0 Å². The predicted molar refractivity (Wildman–Crippen MR) is 110 cm³/mol. The zero-order valence-electron chi connectivity index (χ0n) is 16.1. The Morgan fingerprint density at radius 1 is 1.00 bits per heavy atom. The number of benzene rings is 2. The molecule has 0 saturated carbocycles. The van der Waals surface area contributed by atoms with Crippen LogP contribution in [0.15, 0.2) is 54.6 Å². The van der Waals surface area contributed by atoms with Crippen LogP contribution in [-0.2, 0) is 12.8 Å². The number of ether oxygens (including phenoxy) is 1. The van der Waals surface area contributed by atoms with E-state index in [9.17, 15) is 0 Å². The molecule has 0 heterocycles. The molecule has 0 N–H and O–H groups in total. The van der Waals surface area contributed by atoms with Crippen molar-refractivity contribution in [1.29, 1.82) is 0 Å². The van der Waals surface area contributed by atoms with Crippen molar-refractivity contribution in [2.45, 2.75) is 38.5 Å². The molecule has 1 aliphatic carbocycles. The van der Waals surface area contributed by atoms with Crippen LogP contribution in [0.25, 0.3) is 5.57 Å². The van der Waals surface area contributed by atoms with Crippen LogP contribution in [-0.4, -0.2) is 31.5 Å². The fraction of sp³-hybridized carbons (Fsp3) is 0.375. The zero-order chi connectivity index (χ0) is 18.2. The molecule has 0 amide bonds. The van der Waals surface area contributed by atoms with Crippen LogP contribution in [0.5, 0.6) is 5.75 Å². The van der Waals surface area contributed by atoms with Gasteiger partial charge < -0.3 is 4.74 Å². The Morgan fingerprint density at radius 2 is 1.85 bits per heavy atom. The van der Waals surface area contributed by atoms with Gasteiger partial charge in [-0.3, -0.25) is 0 Å². The highest BCUT2D eigenvalue weighted by molar-refractivity contribution is 5.84. The second-order valence-corrected chi connectivity index (χ2v) is 7.27. The maximum absolute atomic E-state index is 6.01. The quantitative estimate of drug-likeness (QED) is 0.383. The lowest BCUT2D eigenvalue weighted by Gasteiger charge is -2.19. The highest BCUT2D eigenvalue weighted by Crippen LogP contribution is 2.32. The molecule has 0 saturated heterocycles. The Hall–Kier alpha value is -2.35. The Balaban J connectivity index is 1.52. The molecule has 1 aliphatic rings. The molecule has 0 aromatic heterocycles. The minimum absolute atomic E-state index is 0.794. The first-order valence-corrected chi connectivity index (χ1v) is 9.73. The third kappa shape index (κ3) is 5.32. The summed E-state index contributed by atoms with van der Waals surface area (Å²) in [5, 5.41) is 0. The van der Waals surface area contributed by atoms with Crippen LogP contribution in [0.2, 0.25) is 0 Å². The van der Waals surface area contributed by atoms with Gasteiger partial charge in [-0.15, -0.1) is 0 Å². The van der Waals surface area contributed by atoms with E-state index in [1.165, 1.54) is 35.1 Å². The molecule has 0 bridgehead atoms. The van der Waals surface area contributed by atoms with E-state index in [4.69, 9.17) is 4.74 Å². The molecule has 0 fully saturated rings. The molecule has 3 rings (SSSR count). The largest absolute Gasteiger partial charge is 0.494 e. The van der Waals surface area contributed by atoms with E-state index < -0.39 is 0 Å². The molecule has 2 nitrogen and oxygen atoms in total. The average Bonchev–Trinajstić information content (AvgIpc) is 2.66. The van der Waals surface area contributed by atoms with Crippen molar-refractivity contribution in [3.05, 3.63) is 71.3 Å². The summed E-state index contributed by atoms with van der Waals surface area (Å²) in [4.78, 5) is 0. The predicted octanol–water partition coefficient (Wildman–Crippen LogP) is 5.15. The maximum atomic E-state index is 6.01. The number of fused-ring (bicyclic) bond motifs is 1. The lowest BCUT2D eigenvalue weighted by Crippen LogP contribution is -2.05. The molecule has 0 aliphatic heterocycles. The van der Waals surface area contributed by atoms with E-state index in [-0.39, 0.29) is 0 Å². The summed E-state index contributed by atoms with van der Waals surface area (Å²) in [6.07, 6.45) is 11.3. The Labute approximate surface area is 157 Å². The summed E-state index contributed by atoms with van der Waals surface area (Å²) in [6, 6.07) is 17.3. The molecule has 0 radical (unpaired) electrons. The van der Waals surface area contributed by atoms with Crippen LogP contribution in [0, 0.1) is 0 Å². The molecular formula is C24H30NO+. The van der Waals surface area contributed by atoms with Crippen molar-refractivity contribution in [1.82, 2.24) is 0 Å². The summed E-state index contributed by atoms with van der Waals surface area (Å²) in [7, 11) is 4.13. The average molecular weight is 349 g/mol. The number of hydrogen-bond acceptors (Lipinski definition) is 1. The van der Waals surface area contributed by atoms with Gasteiger partial charge in [0.25, 0.3) is 0 Å². The van der Waals surface area contributed by atoms with Gasteiger partial charge in [-0.1, -0.05) is 36.4 Å². The minimum atomic E-state index is 0.794. The number of allylic oxidation sites excluding steroid dienone is 2. The summed E-state index contributed by atoms with van der Waals surface area (Å²) in [5.74, 6) is 1.02. The normalized spacial score (nSPS) is 14.8. The van der Waals surface area contributed by atoms with Crippen molar-refractivity contribution < 1.29 is 9.31 Å². The van der Waals surface area contributed by atoms with Crippen LogP contribution in [0.4, 0.5) is 0 Å². The molecule has 2 aromatic rings. The Kier molecular flexibility index (Phi) is 6.65. The van der Waals surface area contributed by atoms with Gasteiger partial charge >= 0.3 is 0 Å². The van der Waals surface area contributed by atoms with Crippen molar-refractivity contribution in [3.63, 3.8) is 0 Å². The van der Waals surface area contributed by atoms with Gasteiger partial charge in [-0.2, -0.15) is 0 Å².